The number of nitrogens with zero attached hydrogens (tertiary/aromatic N) is 2. The molecule has 1 aromatic carbocycles. The van der Waals surface area contributed by atoms with Crippen molar-refractivity contribution in [3.63, 3.8) is 0 Å². The Balaban J connectivity index is 2.15. The van der Waals surface area contributed by atoms with Crippen LogP contribution in [0.25, 0.3) is 0 Å². The van der Waals surface area contributed by atoms with Crippen molar-refractivity contribution in [2.45, 2.75) is 19.9 Å². The van der Waals surface area contributed by atoms with Crippen LogP contribution in [0.2, 0.25) is 0 Å². The molecule has 6 heteroatoms. The second-order valence-electron chi connectivity index (χ2n) is 4.38. The van der Waals surface area contributed by atoms with Crippen molar-refractivity contribution in [1.29, 1.82) is 0 Å². The van der Waals surface area contributed by atoms with Crippen LogP contribution in [0.15, 0.2) is 39.9 Å². The average Bonchev–Trinajstić information content (AvgIpc) is 2.42. The number of carbonyl (C=O) groups is 1. The maximum atomic E-state index is 13.4. The van der Waals surface area contributed by atoms with Gasteiger partial charge in [0.15, 0.2) is 5.78 Å². The average molecular weight is 339 g/mol. The number of Topliss-reactive ketones (excluding diaryl/α,β-unsaturated/α-hetero) is 1. The second-order valence-corrected chi connectivity index (χ2v) is 5.18. The third-order valence-corrected chi connectivity index (χ3v) is 3.76. The molecule has 2 rings (SSSR count). The summed E-state index contributed by atoms with van der Waals surface area (Å²) in [6.07, 6.45) is 1.27. The third-order valence-electron chi connectivity index (χ3n) is 2.85. The van der Waals surface area contributed by atoms with E-state index in [2.05, 4.69) is 20.9 Å². The summed E-state index contributed by atoms with van der Waals surface area (Å²) in [5.41, 5.74) is 0.567. The van der Waals surface area contributed by atoms with Gasteiger partial charge in [-0.1, -0.05) is 18.2 Å². The molecule has 0 saturated heterocycles. The van der Waals surface area contributed by atoms with E-state index in [1.807, 2.05) is 0 Å². The number of hydrogen-bond acceptors (Lipinski definition) is 3. The van der Waals surface area contributed by atoms with Gasteiger partial charge in [0.2, 0.25) is 0 Å². The van der Waals surface area contributed by atoms with Crippen molar-refractivity contribution in [3.05, 3.63) is 62.5 Å². The second kappa shape index (κ2) is 6.09. The Morgan fingerprint density at radius 3 is 2.80 bits per heavy atom. The first-order chi connectivity index (χ1) is 9.49. The van der Waals surface area contributed by atoms with E-state index in [1.54, 1.807) is 25.1 Å². The summed E-state index contributed by atoms with van der Waals surface area (Å²) < 4.78 is 15.0. The molecular weight excluding hydrogens is 327 g/mol. The molecule has 0 amide bonds. The number of hydrogen-bond donors (Lipinski definition) is 0. The summed E-state index contributed by atoms with van der Waals surface area (Å²) in [7, 11) is 0. The number of benzene rings is 1. The monoisotopic (exact) mass is 338 g/mol. The topological polar surface area (TPSA) is 52.0 Å². The van der Waals surface area contributed by atoms with Crippen molar-refractivity contribution >= 4 is 21.7 Å². The predicted octanol–water partition coefficient (Wildman–Crippen LogP) is 2.27. The molecule has 0 unspecified atom stereocenters. The Bertz CT molecular complexity index is 713. The maximum Gasteiger partial charge on any atom is 0.268 e. The van der Waals surface area contributed by atoms with Gasteiger partial charge in [-0.25, -0.2) is 9.37 Å². The molecule has 0 aliphatic carbocycles. The van der Waals surface area contributed by atoms with Crippen molar-refractivity contribution in [3.8, 4) is 0 Å². The highest BCUT2D eigenvalue weighted by atomic mass is 79.9. The summed E-state index contributed by atoms with van der Waals surface area (Å²) in [4.78, 5) is 27.8. The Morgan fingerprint density at radius 1 is 1.40 bits per heavy atom. The minimum atomic E-state index is -0.420. The van der Waals surface area contributed by atoms with Gasteiger partial charge in [0.05, 0.1) is 18.6 Å². The van der Waals surface area contributed by atoms with Crippen molar-refractivity contribution < 1.29 is 9.18 Å². The molecule has 0 atom stereocenters. The molecule has 0 saturated carbocycles. The van der Waals surface area contributed by atoms with Crippen LogP contribution in [0, 0.1) is 12.7 Å². The zero-order valence-electron chi connectivity index (χ0n) is 10.8. The SMILES string of the molecule is Cc1ncn(CC(=O)Cc2ccccc2F)c(=O)c1Br. The highest BCUT2D eigenvalue weighted by Gasteiger charge is 2.11. The Hall–Kier alpha value is -1.82. The standard InChI is InChI=1S/C14H12BrFN2O2/c1-9-13(15)14(20)18(8-17-9)7-11(19)6-10-4-2-3-5-12(10)16/h2-5,8H,6-7H2,1H3. The molecule has 0 aliphatic heterocycles. The van der Waals surface area contributed by atoms with Crippen LogP contribution in [-0.4, -0.2) is 15.3 Å². The summed E-state index contributed by atoms with van der Waals surface area (Å²) >= 11 is 3.13. The predicted molar refractivity (Wildman–Crippen MR) is 76.0 cm³/mol. The normalized spacial score (nSPS) is 10.6. The van der Waals surface area contributed by atoms with E-state index >= 15 is 0 Å². The number of carbonyl (C=O) groups excluding carboxylic acids is 1. The smallest absolute Gasteiger partial charge is 0.268 e. The van der Waals surface area contributed by atoms with Crippen LogP contribution in [-0.2, 0) is 17.8 Å². The maximum absolute atomic E-state index is 13.4. The van der Waals surface area contributed by atoms with Gasteiger partial charge in [0.1, 0.15) is 10.3 Å². The van der Waals surface area contributed by atoms with E-state index in [0.717, 1.165) is 0 Å². The molecule has 20 heavy (non-hydrogen) atoms. The van der Waals surface area contributed by atoms with Gasteiger partial charge in [-0.15, -0.1) is 0 Å². The lowest BCUT2D eigenvalue weighted by molar-refractivity contribution is -0.119. The van der Waals surface area contributed by atoms with Gasteiger partial charge < -0.3 is 0 Å². The van der Waals surface area contributed by atoms with Gasteiger partial charge in [0, 0.05) is 6.42 Å². The molecule has 1 aromatic heterocycles. The van der Waals surface area contributed by atoms with Crippen LogP contribution >= 0.6 is 15.9 Å². The molecule has 4 nitrogen and oxygen atoms in total. The zero-order valence-corrected chi connectivity index (χ0v) is 12.4. The molecular formula is C14H12BrFN2O2. The third kappa shape index (κ3) is 3.19. The molecule has 104 valence electrons. The molecule has 0 radical (unpaired) electrons. The lowest BCUT2D eigenvalue weighted by Gasteiger charge is -2.07. The Labute approximate surface area is 123 Å². The molecule has 0 aliphatic rings. The van der Waals surface area contributed by atoms with Crippen LogP contribution in [0.3, 0.4) is 0 Å². The summed E-state index contributed by atoms with van der Waals surface area (Å²) in [6.45, 7) is 1.57. The fourth-order valence-corrected chi connectivity index (χ4v) is 2.09. The van der Waals surface area contributed by atoms with Crippen LogP contribution in [0.1, 0.15) is 11.3 Å². The van der Waals surface area contributed by atoms with Crippen molar-refractivity contribution in [2.75, 3.05) is 0 Å². The largest absolute Gasteiger partial charge is 0.297 e. The van der Waals surface area contributed by atoms with Gasteiger partial charge in [-0.2, -0.15) is 0 Å². The molecule has 0 fully saturated rings. The summed E-state index contributed by atoms with van der Waals surface area (Å²) in [5.74, 6) is -0.675. The molecule has 2 aromatic rings. The summed E-state index contributed by atoms with van der Waals surface area (Å²) in [6, 6.07) is 6.09. The van der Waals surface area contributed by atoms with E-state index in [4.69, 9.17) is 0 Å². The number of aryl methyl sites for hydroxylation is 1. The van der Waals surface area contributed by atoms with E-state index in [0.29, 0.717) is 15.7 Å². The minimum absolute atomic E-state index is 0.0510. The zero-order chi connectivity index (χ0) is 14.7. The fourth-order valence-electron chi connectivity index (χ4n) is 1.76. The van der Waals surface area contributed by atoms with Gasteiger partial charge in [0.25, 0.3) is 5.56 Å². The van der Waals surface area contributed by atoms with Crippen LogP contribution in [0.4, 0.5) is 4.39 Å². The number of ketones is 1. The fraction of sp³-hybridized carbons (Fsp3) is 0.214. The van der Waals surface area contributed by atoms with E-state index < -0.39 is 5.82 Å². The lowest BCUT2D eigenvalue weighted by Crippen LogP contribution is -2.26. The van der Waals surface area contributed by atoms with Gasteiger partial charge in [-0.3, -0.25) is 14.2 Å². The van der Waals surface area contributed by atoms with Gasteiger partial charge in [-0.05, 0) is 34.5 Å². The van der Waals surface area contributed by atoms with Gasteiger partial charge >= 0.3 is 0 Å². The molecule has 0 N–H and O–H groups in total. The van der Waals surface area contributed by atoms with E-state index in [9.17, 15) is 14.0 Å². The van der Waals surface area contributed by atoms with E-state index in [-0.39, 0.29) is 24.3 Å². The number of rotatable bonds is 4. The Kier molecular flexibility index (Phi) is 4.44. The number of aromatic nitrogens is 2. The first-order valence-electron chi connectivity index (χ1n) is 5.95. The first kappa shape index (κ1) is 14.6. The van der Waals surface area contributed by atoms with Crippen molar-refractivity contribution in [1.82, 2.24) is 9.55 Å². The first-order valence-corrected chi connectivity index (χ1v) is 6.75. The number of halogens is 2. The molecule has 1 heterocycles. The van der Waals surface area contributed by atoms with Crippen LogP contribution in [0.5, 0.6) is 0 Å². The summed E-state index contributed by atoms with van der Waals surface area (Å²) in [5, 5.41) is 0. The highest BCUT2D eigenvalue weighted by Crippen LogP contribution is 2.09. The van der Waals surface area contributed by atoms with Crippen LogP contribution < -0.4 is 5.56 Å². The molecule has 0 bridgehead atoms. The van der Waals surface area contributed by atoms with E-state index in [1.165, 1.54) is 17.0 Å². The lowest BCUT2D eigenvalue weighted by atomic mass is 10.1. The van der Waals surface area contributed by atoms with Crippen molar-refractivity contribution in [2.24, 2.45) is 0 Å². The quantitative estimate of drug-likeness (QED) is 0.859. The molecule has 0 spiro atoms. The Morgan fingerprint density at radius 2 is 2.10 bits per heavy atom. The minimum Gasteiger partial charge on any atom is -0.297 e. The highest BCUT2D eigenvalue weighted by molar-refractivity contribution is 9.10.